The summed E-state index contributed by atoms with van der Waals surface area (Å²) in [7, 11) is 0. The van der Waals surface area contributed by atoms with Gasteiger partial charge in [0.25, 0.3) is 0 Å². The highest BCUT2D eigenvalue weighted by atomic mass is 32.1. The minimum absolute atomic E-state index is 0.0241. The van der Waals surface area contributed by atoms with Gasteiger partial charge in [0, 0.05) is 18.2 Å². The number of thiazole rings is 1. The number of hydrogen-bond donors (Lipinski definition) is 0. The number of Topliss-reactive ketones (excluding diaryl/α,β-unsaturated/α-hetero) is 1. The molecule has 0 N–H and O–H groups in total. The summed E-state index contributed by atoms with van der Waals surface area (Å²) in [5.74, 6) is 0.530. The fraction of sp³-hybridized carbons (Fsp3) is 0.688. The van der Waals surface area contributed by atoms with E-state index in [-0.39, 0.29) is 23.8 Å². The number of carbonyl (C=O) groups is 2. The van der Waals surface area contributed by atoms with Crippen molar-refractivity contribution < 1.29 is 14.3 Å². The van der Waals surface area contributed by atoms with Gasteiger partial charge in [0.05, 0.1) is 0 Å². The second-order valence-electron chi connectivity index (χ2n) is 6.15. The predicted molar refractivity (Wildman–Crippen MR) is 84.4 cm³/mol. The van der Waals surface area contributed by atoms with E-state index >= 15 is 0 Å². The van der Waals surface area contributed by atoms with Crippen LogP contribution in [0.2, 0.25) is 0 Å². The molecule has 1 heterocycles. The Morgan fingerprint density at radius 3 is 2.33 bits per heavy atom. The van der Waals surface area contributed by atoms with Gasteiger partial charge in [-0.3, -0.25) is 9.59 Å². The van der Waals surface area contributed by atoms with E-state index in [4.69, 9.17) is 4.74 Å². The molecule has 0 spiro atoms. The molecule has 0 aliphatic rings. The van der Waals surface area contributed by atoms with Crippen molar-refractivity contribution in [3.05, 3.63) is 16.1 Å². The summed E-state index contributed by atoms with van der Waals surface area (Å²) in [5, 5.41) is 2.47. The van der Waals surface area contributed by atoms with Gasteiger partial charge in [-0.05, 0) is 18.3 Å². The number of aromatic nitrogens is 1. The van der Waals surface area contributed by atoms with Gasteiger partial charge in [0.15, 0.2) is 11.9 Å². The second kappa shape index (κ2) is 7.69. The Balaban J connectivity index is 2.93. The molecule has 0 unspecified atom stereocenters. The van der Waals surface area contributed by atoms with E-state index in [1.807, 2.05) is 13.8 Å². The van der Waals surface area contributed by atoms with E-state index in [0.29, 0.717) is 22.5 Å². The van der Waals surface area contributed by atoms with E-state index in [0.717, 1.165) is 6.42 Å². The van der Waals surface area contributed by atoms with E-state index in [9.17, 15) is 9.59 Å². The normalized spacial score (nSPS) is 14.3. The van der Waals surface area contributed by atoms with Crippen LogP contribution in [0.1, 0.15) is 69.6 Å². The van der Waals surface area contributed by atoms with Crippen LogP contribution in [0.5, 0.6) is 0 Å². The molecule has 0 fully saturated rings. The Labute approximate surface area is 130 Å². The topological polar surface area (TPSA) is 56.3 Å². The Morgan fingerprint density at radius 1 is 1.24 bits per heavy atom. The summed E-state index contributed by atoms with van der Waals surface area (Å²) in [6.45, 7) is 11.5. The van der Waals surface area contributed by atoms with E-state index in [2.05, 4.69) is 25.8 Å². The van der Waals surface area contributed by atoms with Crippen molar-refractivity contribution in [2.75, 3.05) is 0 Å². The highest BCUT2D eigenvalue weighted by Gasteiger charge is 2.24. The first kappa shape index (κ1) is 17.8. The van der Waals surface area contributed by atoms with Crippen LogP contribution in [-0.2, 0) is 9.53 Å². The SMILES string of the molecule is CC(=O)O[C@H](C[C@@H](C)C(C)C)c1nc(C(=O)C(C)C)cs1. The Bertz CT molecular complexity index is 493. The Morgan fingerprint density at radius 2 is 1.86 bits per heavy atom. The lowest BCUT2D eigenvalue weighted by atomic mass is 9.92. The minimum atomic E-state index is -0.362. The van der Waals surface area contributed by atoms with Gasteiger partial charge in [-0.1, -0.05) is 34.6 Å². The number of ether oxygens (including phenoxy) is 1. The maximum atomic E-state index is 12.0. The zero-order valence-corrected chi connectivity index (χ0v) is 14.5. The van der Waals surface area contributed by atoms with Crippen LogP contribution in [0, 0.1) is 17.8 Å². The van der Waals surface area contributed by atoms with Crippen LogP contribution in [0.15, 0.2) is 5.38 Å². The van der Waals surface area contributed by atoms with E-state index < -0.39 is 0 Å². The molecule has 0 bridgehead atoms. The van der Waals surface area contributed by atoms with Crippen molar-refractivity contribution in [3.8, 4) is 0 Å². The summed E-state index contributed by atoms with van der Waals surface area (Å²) >= 11 is 1.39. The zero-order valence-electron chi connectivity index (χ0n) is 13.7. The third-order valence-corrected chi connectivity index (χ3v) is 4.54. The number of rotatable bonds is 7. The number of hydrogen-bond acceptors (Lipinski definition) is 5. The quantitative estimate of drug-likeness (QED) is 0.557. The molecular formula is C16H25NO3S. The van der Waals surface area contributed by atoms with Crippen LogP contribution in [0.25, 0.3) is 0 Å². The number of ketones is 1. The number of nitrogens with zero attached hydrogens (tertiary/aromatic N) is 1. The molecule has 0 saturated heterocycles. The molecule has 0 aromatic carbocycles. The first-order valence-electron chi connectivity index (χ1n) is 7.39. The molecule has 0 saturated carbocycles. The average Bonchev–Trinajstić information content (AvgIpc) is 2.85. The Hall–Kier alpha value is -1.23. The molecule has 5 heteroatoms. The minimum Gasteiger partial charge on any atom is -0.455 e. The molecule has 0 aliphatic carbocycles. The van der Waals surface area contributed by atoms with E-state index in [1.54, 1.807) is 5.38 Å². The van der Waals surface area contributed by atoms with Crippen LogP contribution >= 0.6 is 11.3 Å². The summed E-state index contributed by atoms with van der Waals surface area (Å²) in [6.07, 6.45) is 0.360. The maximum Gasteiger partial charge on any atom is 0.303 e. The molecule has 1 aromatic heterocycles. The van der Waals surface area contributed by atoms with Gasteiger partial charge in [-0.15, -0.1) is 11.3 Å². The van der Waals surface area contributed by atoms with Crippen LogP contribution in [-0.4, -0.2) is 16.7 Å². The van der Waals surface area contributed by atoms with Crippen molar-refractivity contribution in [2.24, 2.45) is 17.8 Å². The van der Waals surface area contributed by atoms with Gasteiger partial charge in [0.2, 0.25) is 0 Å². The van der Waals surface area contributed by atoms with Crippen molar-refractivity contribution >= 4 is 23.1 Å². The molecule has 2 atom stereocenters. The smallest absolute Gasteiger partial charge is 0.303 e. The van der Waals surface area contributed by atoms with Crippen molar-refractivity contribution in [3.63, 3.8) is 0 Å². The largest absolute Gasteiger partial charge is 0.455 e. The molecule has 118 valence electrons. The molecular weight excluding hydrogens is 286 g/mol. The lowest BCUT2D eigenvalue weighted by molar-refractivity contribution is -0.147. The first-order chi connectivity index (χ1) is 9.72. The molecule has 21 heavy (non-hydrogen) atoms. The third-order valence-electron chi connectivity index (χ3n) is 3.61. The number of carbonyl (C=O) groups excluding carboxylic acids is 2. The Kier molecular flexibility index (Phi) is 6.52. The van der Waals surface area contributed by atoms with Crippen molar-refractivity contribution in [1.82, 2.24) is 4.98 Å². The highest BCUT2D eigenvalue weighted by molar-refractivity contribution is 7.09. The molecule has 0 amide bonds. The molecule has 0 radical (unpaired) electrons. The lowest BCUT2D eigenvalue weighted by Crippen LogP contribution is -2.15. The lowest BCUT2D eigenvalue weighted by Gasteiger charge is -2.21. The van der Waals surface area contributed by atoms with Crippen LogP contribution in [0.4, 0.5) is 0 Å². The molecule has 1 rings (SSSR count). The fourth-order valence-corrected chi connectivity index (χ4v) is 2.70. The van der Waals surface area contributed by atoms with Crippen molar-refractivity contribution in [1.29, 1.82) is 0 Å². The standard InChI is InChI=1S/C16H25NO3S/c1-9(2)11(5)7-14(20-12(6)18)16-17-13(8-21-16)15(19)10(3)4/h8-11,14H,7H2,1-6H3/t11-,14-/m1/s1. The van der Waals surface area contributed by atoms with Crippen molar-refractivity contribution in [2.45, 2.75) is 54.1 Å². The number of esters is 1. The van der Waals surface area contributed by atoms with Gasteiger partial charge in [-0.25, -0.2) is 4.98 Å². The van der Waals surface area contributed by atoms with Gasteiger partial charge >= 0.3 is 5.97 Å². The van der Waals surface area contributed by atoms with Crippen LogP contribution < -0.4 is 0 Å². The third kappa shape index (κ3) is 5.23. The monoisotopic (exact) mass is 311 g/mol. The fourth-order valence-electron chi connectivity index (χ4n) is 1.85. The first-order valence-corrected chi connectivity index (χ1v) is 8.27. The van der Waals surface area contributed by atoms with Gasteiger partial charge in [-0.2, -0.15) is 0 Å². The summed E-state index contributed by atoms with van der Waals surface area (Å²) in [5.41, 5.74) is 0.472. The highest BCUT2D eigenvalue weighted by Crippen LogP contribution is 2.31. The summed E-state index contributed by atoms with van der Waals surface area (Å²) in [6, 6.07) is 0. The van der Waals surface area contributed by atoms with Crippen LogP contribution in [0.3, 0.4) is 0 Å². The zero-order chi connectivity index (χ0) is 16.2. The van der Waals surface area contributed by atoms with E-state index in [1.165, 1.54) is 18.3 Å². The maximum absolute atomic E-state index is 12.0. The average molecular weight is 311 g/mol. The second-order valence-corrected chi connectivity index (χ2v) is 7.03. The van der Waals surface area contributed by atoms with Gasteiger partial charge < -0.3 is 4.74 Å². The summed E-state index contributed by atoms with van der Waals surface area (Å²) < 4.78 is 5.41. The predicted octanol–water partition coefficient (Wildman–Crippen LogP) is 4.27. The molecule has 1 aromatic rings. The molecule has 4 nitrogen and oxygen atoms in total. The van der Waals surface area contributed by atoms with Gasteiger partial charge in [0.1, 0.15) is 10.7 Å². The molecule has 0 aliphatic heterocycles. The summed E-state index contributed by atoms with van der Waals surface area (Å²) in [4.78, 5) is 27.7.